The number of carbonyl (C=O) groups is 1. The first-order chi connectivity index (χ1) is 11.6. The number of methoxy groups -OCH3 is 1. The maximum absolute atomic E-state index is 13.7. The van der Waals surface area contributed by atoms with E-state index < -0.39 is 11.8 Å². The monoisotopic (exact) mass is 348 g/mol. The normalized spacial score (nSPS) is 10.8. The number of ether oxygens (including phenoxy) is 2. The van der Waals surface area contributed by atoms with Crippen LogP contribution in [0.5, 0.6) is 5.75 Å². The molecule has 0 aliphatic rings. The Balaban J connectivity index is 1.69. The summed E-state index contributed by atoms with van der Waals surface area (Å²) in [5.74, 6) is -0.329. The van der Waals surface area contributed by atoms with Crippen LogP contribution in [0.1, 0.15) is 11.1 Å². The lowest BCUT2D eigenvalue weighted by atomic mass is 10.1. The molecule has 2 aromatic carbocycles. The minimum atomic E-state index is -0.504. The standard InChI is InChI=1S/C18H14ClFO4/c1-22-12-5-6-13-11(9-23-17(13)8-12)7-18(21)24-10-14-15(19)3-2-4-16(14)20/h2-6,8-9H,7,10H2,1H3. The van der Waals surface area contributed by atoms with Gasteiger partial charge in [-0.1, -0.05) is 17.7 Å². The molecule has 24 heavy (non-hydrogen) atoms. The van der Waals surface area contributed by atoms with E-state index in [1.54, 1.807) is 25.3 Å². The minimum Gasteiger partial charge on any atom is -0.497 e. The third-order valence-electron chi connectivity index (χ3n) is 3.64. The third kappa shape index (κ3) is 3.36. The average molecular weight is 349 g/mol. The summed E-state index contributed by atoms with van der Waals surface area (Å²) in [7, 11) is 1.57. The Morgan fingerprint density at radius 3 is 2.88 bits per heavy atom. The zero-order valence-corrected chi connectivity index (χ0v) is 13.6. The summed E-state index contributed by atoms with van der Waals surface area (Å²) in [6, 6.07) is 9.65. The lowest BCUT2D eigenvalue weighted by Gasteiger charge is -2.07. The van der Waals surface area contributed by atoms with Crippen LogP contribution >= 0.6 is 11.6 Å². The number of fused-ring (bicyclic) bond motifs is 1. The van der Waals surface area contributed by atoms with Gasteiger partial charge >= 0.3 is 5.97 Å². The van der Waals surface area contributed by atoms with Crippen LogP contribution in [0, 0.1) is 5.82 Å². The van der Waals surface area contributed by atoms with Crippen molar-refractivity contribution >= 4 is 28.5 Å². The average Bonchev–Trinajstić information content (AvgIpc) is 2.96. The summed E-state index contributed by atoms with van der Waals surface area (Å²) < 4.78 is 29.3. The molecule has 0 aliphatic heterocycles. The fourth-order valence-corrected chi connectivity index (χ4v) is 2.57. The SMILES string of the molecule is COc1ccc2c(CC(=O)OCc3c(F)cccc3Cl)coc2c1. The Kier molecular flexibility index (Phi) is 4.71. The Morgan fingerprint density at radius 2 is 2.12 bits per heavy atom. The van der Waals surface area contributed by atoms with Crippen molar-refractivity contribution in [3.05, 3.63) is 64.6 Å². The van der Waals surface area contributed by atoms with Gasteiger partial charge < -0.3 is 13.9 Å². The van der Waals surface area contributed by atoms with E-state index in [4.69, 9.17) is 25.5 Å². The van der Waals surface area contributed by atoms with Crippen LogP contribution in [0.15, 0.2) is 47.1 Å². The van der Waals surface area contributed by atoms with Crippen molar-refractivity contribution < 1.29 is 23.1 Å². The van der Waals surface area contributed by atoms with Crippen LogP contribution in [-0.4, -0.2) is 13.1 Å². The third-order valence-corrected chi connectivity index (χ3v) is 3.99. The Hall–Kier alpha value is -2.53. The lowest BCUT2D eigenvalue weighted by Crippen LogP contribution is -2.08. The van der Waals surface area contributed by atoms with Crippen LogP contribution in [-0.2, 0) is 22.6 Å². The second kappa shape index (κ2) is 6.93. The summed E-state index contributed by atoms with van der Waals surface area (Å²) >= 11 is 5.90. The molecule has 1 aromatic heterocycles. The first-order valence-electron chi connectivity index (χ1n) is 7.21. The van der Waals surface area contributed by atoms with Crippen LogP contribution < -0.4 is 4.74 Å². The number of benzene rings is 2. The summed E-state index contributed by atoms with van der Waals surface area (Å²) in [4.78, 5) is 12.0. The van der Waals surface area contributed by atoms with Crippen LogP contribution in [0.2, 0.25) is 5.02 Å². The van der Waals surface area contributed by atoms with E-state index in [-0.39, 0.29) is 23.6 Å². The molecule has 0 bridgehead atoms. The molecule has 3 rings (SSSR count). The highest BCUT2D eigenvalue weighted by Gasteiger charge is 2.14. The van der Waals surface area contributed by atoms with Crippen molar-refractivity contribution in [2.45, 2.75) is 13.0 Å². The molecule has 0 fully saturated rings. The predicted octanol–water partition coefficient (Wildman–Crippen LogP) is 4.52. The van der Waals surface area contributed by atoms with Crippen molar-refractivity contribution in [3.8, 4) is 5.75 Å². The Labute approximate surface area is 142 Å². The van der Waals surface area contributed by atoms with E-state index in [1.165, 1.54) is 18.4 Å². The number of halogens is 2. The molecule has 1 heterocycles. The minimum absolute atomic E-state index is 0.0192. The molecular weight excluding hydrogens is 335 g/mol. The summed E-state index contributed by atoms with van der Waals surface area (Å²) in [6.45, 7) is -0.214. The van der Waals surface area contributed by atoms with E-state index in [1.807, 2.05) is 6.07 Å². The first kappa shape index (κ1) is 16.3. The Bertz CT molecular complexity index is 868. The fraction of sp³-hybridized carbons (Fsp3) is 0.167. The van der Waals surface area contributed by atoms with Crippen LogP contribution in [0.4, 0.5) is 4.39 Å². The highest BCUT2D eigenvalue weighted by atomic mass is 35.5. The zero-order chi connectivity index (χ0) is 17.1. The van der Waals surface area contributed by atoms with Crippen molar-refractivity contribution in [2.75, 3.05) is 7.11 Å². The van der Waals surface area contributed by atoms with E-state index in [9.17, 15) is 9.18 Å². The molecule has 0 saturated heterocycles. The number of esters is 1. The molecule has 0 radical (unpaired) electrons. The summed E-state index contributed by atoms with van der Waals surface area (Å²) in [6.07, 6.45) is 1.52. The maximum Gasteiger partial charge on any atom is 0.310 e. The molecule has 0 aliphatic carbocycles. The number of hydrogen-bond acceptors (Lipinski definition) is 4. The van der Waals surface area contributed by atoms with Gasteiger partial charge in [-0.15, -0.1) is 0 Å². The molecule has 0 N–H and O–H groups in total. The highest BCUT2D eigenvalue weighted by molar-refractivity contribution is 6.31. The highest BCUT2D eigenvalue weighted by Crippen LogP contribution is 2.26. The van der Waals surface area contributed by atoms with Gasteiger partial charge in [0.15, 0.2) is 0 Å². The predicted molar refractivity (Wildman–Crippen MR) is 87.7 cm³/mol. The Morgan fingerprint density at radius 1 is 1.29 bits per heavy atom. The van der Waals surface area contributed by atoms with Crippen molar-refractivity contribution in [2.24, 2.45) is 0 Å². The summed E-state index contributed by atoms with van der Waals surface area (Å²) in [5, 5.41) is 1.03. The van der Waals surface area contributed by atoms with Gasteiger partial charge in [-0.3, -0.25) is 4.79 Å². The fourth-order valence-electron chi connectivity index (χ4n) is 2.36. The van der Waals surface area contributed by atoms with E-state index in [0.29, 0.717) is 16.9 Å². The number of furan rings is 1. The van der Waals surface area contributed by atoms with Gasteiger partial charge in [0.1, 0.15) is 23.8 Å². The van der Waals surface area contributed by atoms with Gasteiger partial charge in [0.05, 0.1) is 24.8 Å². The topological polar surface area (TPSA) is 48.7 Å². The lowest BCUT2D eigenvalue weighted by molar-refractivity contribution is -0.144. The molecular formula is C18H14ClFO4. The number of rotatable bonds is 5. The van der Waals surface area contributed by atoms with Gasteiger partial charge in [-0.2, -0.15) is 0 Å². The van der Waals surface area contributed by atoms with Crippen LogP contribution in [0.3, 0.4) is 0 Å². The van der Waals surface area contributed by atoms with Crippen LogP contribution in [0.25, 0.3) is 11.0 Å². The second-order valence-corrected chi connectivity index (χ2v) is 5.57. The molecule has 6 heteroatoms. The largest absolute Gasteiger partial charge is 0.497 e. The first-order valence-corrected chi connectivity index (χ1v) is 7.59. The van der Waals surface area contributed by atoms with E-state index in [0.717, 1.165) is 5.39 Å². The molecule has 0 atom stereocenters. The molecule has 124 valence electrons. The molecule has 0 unspecified atom stereocenters. The van der Waals surface area contributed by atoms with Gasteiger partial charge in [0, 0.05) is 22.6 Å². The second-order valence-electron chi connectivity index (χ2n) is 5.16. The van der Waals surface area contributed by atoms with Gasteiger partial charge in [-0.25, -0.2) is 4.39 Å². The molecule has 4 nitrogen and oxygen atoms in total. The zero-order valence-electron chi connectivity index (χ0n) is 12.8. The van der Waals surface area contributed by atoms with E-state index in [2.05, 4.69) is 0 Å². The molecule has 0 spiro atoms. The smallest absolute Gasteiger partial charge is 0.310 e. The van der Waals surface area contributed by atoms with Gasteiger partial charge in [0.25, 0.3) is 0 Å². The molecule has 0 saturated carbocycles. The number of hydrogen-bond donors (Lipinski definition) is 0. The molecule has 3 aromatic rings. The maximum atomic E-state index is 13.7. The van der Waals surface area contributed by atoms with Crippen molar-refractivity contribution in [1.29, 1.82) is 0 Å². The quantitative estimate of drug-likeness (QED) is 0.636. The van der Waals surface area contributed by atoms with Gasteiger partial charge in [-0.05, 0) is 24.3 Å². The number of carbonyl (C=O) groups excluding carboxylic acids is 1. The van der Waals surface area contributed by atoms with Gasteiger partial charge in [0.2, 0.25) is 0 Å². The van der Waals surface area contributed by atoms with Crippen molar-refractivity contribution in [3.63, 3.8) is 0 Å². The molecule has 0 amide bonds. The van der Waals surface area contributed by atoms with Crippen molar-refractivity contribution in [1.82, 2.24) is 0 Å². The summed E-state index contributed by atoms with van der Waals surface area (Å²) in [5.41, 5.74) is 1.47. The van der Waals surface area contributed by atoms with E-state index >= 15 is 0 Å².